The molecule has 0 aliphatic heterocycles. The van der Waals surface area contributed by atoms with Gasteiger partial charge >= 0.3 is 0 Å². The molecule has 2 rings (SSSR count). The highest BCUT2D eigenvalue weighted by Crippen LogP contribution is 2.17. The topological polar surface area (TPSA) is 78.4 Å². The lowest BCUT2D eigenvalue weighted by atomic mass is 10.0. The van der Waals surface area contributed by atoms with E-state index in [2.05, 4.69) is 10.6 Å². The van der Waals surface area contributed by atoms with Gasteiger partial charge in [-0.3, -0.25) is 9.59 Å². The van der Waals surface area contributed by atoms with E-state index in [1.54, 1.807) is 24.3 Å². The third-order valence-corrected chi connectivity index (χ3v) is 4.01. The van der Waals surface area contributed by atoms with Gasteiger partial charge in [-0.2, -0.15) is 0 Å². The van der Waals surface area contributed by atoms with Gasteiger partial charge in [0.05, 0.1) is 0 Å². The largest absolute Gasteiger partial charge is 0.396 e. The van der Waals surface area contributed by atoms with Crippen molar-refractivity contribution < 1.29 is 14.7 Å². The molecule has 2 amide bonds. The second-order valence-corrected chi connectivity index (χ2v) is 6.24. The number of rotatable bonds is 6. The summed E-state index contributed by atoms with van der Waals surface area (Å²) in [5.41, 5.74) is 0.534. The molecule has 23 heavy (non-hydrogen) atoms. The summed E-state index contributed by atoms with van der Waals surface area (Å²) in [6, 6.07) is 8.17. The quantitative estimate of drug-likeness (QED) is 0.696. The zero-order chi connectivity index (χ0) is 16.8. The van der Waals surface area contributed by atoms with Crippen molar-refractivity contribution in [2.75, 3.05) is 6.61 Å². The number of hydrogen-bond donors (Lipinski definition) is 3. The van der Waals surface area contributed by atoms with Gasteiger partial charge in [0.1, 0.15) is 6.04 Å². The van der Waals surface area contributed by atoms with Crippen LogP contribution in [0.4, 0.5) is 0 Å². The maximum atomic E-state index is 12.5. The van der Waals surface area contributed by atoms with Gasteiger partial charge in [0.15, 0.2) is 0 Å². The van der Waals surface area contributed by atoms with E-state index in [0.29, 0.717) is 12.0 Å². The van der Waals surface area contributed by atoms with Gasteiger partial charge < -0.3 is 15.7 Å². The minimum absolute atomic E-state index is 0.0262. The number of aliphatic hydroxyl groups is 1. The Morgan fingerprint density at radius 2 is 1.91 bits per heavy atom. The molecule has 124 valence electrons. The van der Waals surface area contributed by atoms with E-state index in [1.165, 1.54) is 0 Å². The second kappa shape index (κ2) is 7.92. The Kier molecular flexibility index (Phi) is 5.93. The van der Waals surface area contributed by atoms with E-state index in [9.17, 15) is 9.59 Å². The molecule has 0 radical (unpaired) electrons. The average Bonchev–Trinajstić information content (AvgIpc) is 3.00. The van der Waals surface area contributed by atoms with Crippen molar-refractivity contribution >= 4 is 11.8 Å². The number of carbonyl (C=O) groups excluding carboxylic acids is 2. The SMILES string of the molecule is CC(C)C(NC(=O)c1ccccc1)C(=O)N[C@@H]1C=C[C@H](CO)C1. The predicted molar refractivity (Wildman–Crippen MR) is 88.8 cm³/mol. The Labute approximate surface area is 136 Å². The van der Waals surface area contributed by atoms with Gasteiger partial charge in [0, 0.05) is 24.1 Å². The Hall–Kier alpha value is -2.14. The molecule has 0 saturated carbocycles. The van der Waals surface area contributed by atoms with E-state index >= 15 is 0 Å². The van der Waals surface area contributed by atoms with E-state index < -0.39 is 6.04 Å². The standard InChI is InChI=1S/C18H24N2O3/c1-12(2)16(20-17(22)14-6-4-3-5-7-14)18(23)19-15-9-8-13(10-15)11-21/h3-9,12-13,15-16,21H,10-11H2,1-2H3,(H,19,23)(H,20,22)/t13-,15+,16?/m0/s1. The molecule has 0 saturated heterocycles. The van der Waals surface area contributed by atoms with Gasteiger partial charge in [0.2, 0.25) is 5.91 Å². The van der Waals surface area contributed by atoms with Crippen LogP contribution in [0.25, 0.3) is 0 Å². The molecule has 0 spiro atoms. The molecular formula is C18H24N2O3. The molecule has 3 N–H and O–H groups in total. The number of carbonyl (C=O) groups is 2. The normalized spacial score (nSPS) is 21.2. The van der Waals surface area contributed by atoms with E-state index in [4.69, 9.17) is 5.11 Å². The van der Waals surface area contributed by atoms with Crippen LogP contribution in [0.3, 0.4) is 0 Å². The van der Waals surface area contributed by atoms with Gasteiger partial charge in [-0.1, -0.05) is 44.2 Å². The summed E-state index contributed by atoms with van der Waals surface area (Å²) in [6.45, 7) is 3.88. The van der Waals surface area contributed by atoms with Crippen molar-refractivity contribution in [3.8, 4) is 0 Å². The Balaban J connectivity index is 1.97. The number of benzene rings is 1. The monoisotopic (exact) mass is 316 g/mol. The summed E-state index contributed by atoms with van der Waals surface area (Å²) in [4.78, 5) is 24.7. The van der Waals surface area contributed by atoms with Gasteiger partial charge in [-0.05, 0) is 24.5 Å². The smallest absolute Gasteiger partial charge is 0.251 e. The first-order chi connectivity index (χ1) is 11.0. The average molecular weight is 316 g/mol. The van der Waals surface area contributed by atoms with Crippen molar-refractivity contribution in [1.82, 2.24) is 10.6 Å². The number of aliphatic hydroxyl groups excluding tert-OH is 1. The Morgan fingerprint density at radius 3 is 2.48 bits per heavy atom. The molecule has 1 aromatic rings. The fourth-order valence-corrected chi connectivity index (χ4v) is 2.64. The highest BCUT2D eigenvalue weighted by Gasteiger charge is 2.27. The molecule has 5 heteroatoms. The lowest BCUT2D eigenvalue weighted by Crippen LogP contribution is -2.51. The molecule has 0 heterocycles. The maximum absolute atomic E-state index is 12.5. The highest BCUT2D eigenvalue weighted by molar-refractivity contribution is 5.97. The highest BCUT2D eigenvalue weighted by atomic mass is 16.3. The molecule has 1 aliphatic rings. The van der Waals surface area contributed by atoms with Gasteiger partial charge in [-0.25, -0.2) is 0 Å². The van der Waals surface area contributed by atoms with Crippen LogP contribution in [-0.2, 0) is 4.79 Å². The third kappa shape index (κ3) is 4.66. The summed E-state index contributed by atoms with van der Waals surface area (Å²) in [6.07, 6.45) is 4.51. The maximum Gasteiger partial charge on any atom is 0.251 e. The summed E-state index contributed by atoms with van der Waals surface area (Å²) in [5.74, 6) is -0.384. The number of nitrogens with one attached hydrogen (secondary N) is 2. The first-order valence-electron chi connectivity index (χ1n) is 7.96. The fourth-order valence-electron chi connectivity index (χ4n) is 2.64. The van der Waals surface area contributed by atoms with Crippen LogP contribution in [0.2, 0.25) is 0 Å². The summed E-state index contributed by atoms with van der Waals surface area (Å²) in [7, 11) is 0. The first kappa shape index (κ1) is 17.2. The molecule has 0 bridgehead atoms. The summed E-state index contributed by atoms with van der Waals surface area (Å²) in [5, 5.41) is 14.9. The van der Waals surface area contributed by atoms with Gasteiger partial charge in [-0.15, -0.1) is 0 Å². The van der Waals surface area contributed by atoms with Crippen LogP contribution in [0.5, 0.6) is 0 Å². The van der Waals surface area contributed by atoms with E-state index in [1.807, 2.05) is 32.1 Å². The molecule has 1 unspecified atom stereocenters. The fraction of sp³-hybridized carbons (Fsp3) is 0.444. The zero-order valence-corrected chi connectivity index (χ0v) is 13.5. The van der Waals surface area contributed by atoms with Crippen LogP contribution >= 0.6 is 0 Å². The zero-order valence-electron chi connectivity index (χ0n) is 13.5. The number of hydrogen-bond acceptors (Lipinski definition) is 3. The lowest BCUT2D eigenvalue weighted by Gasteiger charge is -2.23. The summed E-state index contributed by atoms with van der Waals surface area (Å²) >= 11 is 0. The van der Waals surface area contributed by atoms with Crippen molar-refractivity contribution in [1.29, 1.82) is 0 Å². The molecular weight excluding hydrogens is 292 g/mol. The lowest BCUT2D eigenvalue weighted by molar-refractivity contribution is -0.124. The Bertz CT molecular complexity index is 569. The molecule has 5 nitrogen and oxygen atoms in total. The molecule has 0 aromatic heterocycles. The molecule has 1 aliphatic carbocycles. The second-order valence-electron chi connectivity index (χ2n) is 6.24. The first-order valence-corrected chi connectivity index (χ1v) is 7.96. The Morgan fingerprint density at radius 1 is 1.22 bits per heavy atom. The van der Waals surface area contributed by atoms with Crippen molar-refractivity contribution in [2.24, 2.45) is 11.8 Å². The number of amides is 2. The van der Waals surface area contributed by atoms with Crippen LogP contribution in [0, 0.1) is 11.8 Å². The van der Waals surface area contributed by atoms with Gasteiger partial charge in [0.25, 0.3) is 5.91 Å². The minimum Gasteiger partial charge on any atom is -0.396 e. The minimum atomic E-state index is -0.593. The summed E-state index contributed by atoms with van der Waals surface area (Å²) < 4.78 is 0. The van der Waals surface area contributed by atoms with E-state index in [0.717, 1.165) is 0 Å². The van der Waals surface area contributed by atoms with Crippen LogP contribution < -0.4 is 10.6 Å². The van der Waals surface area contributed by atoms with Crippen molar-refractivity contribution in [2.45, 2.75) is 32.4 Å². The molecule has 3 atom stereocenters. The third-order valence-electron chi connectivity index (χ3n) is 4.01. The van der Waals surface area contributed by atoms with Crippen LogP contribution in [0.1, 0.15) is 30.6 Å². The van der Waals surface area contributed by atoms with E-state index in [-0.39, 0.29) is 36.3 Å². The van der Waals surface area contributed by atoms with Crippen LogP contribution in [-0.4, -0.2) is 35.6 Å². The molecule has 0 fully saturated rings. The van der Waals surface area contributed by atoms with Crippen molar-refractivity contribution in [3.05, 3.63) is 48.0 Å². The molecule has 1 aromatic carbocycles. The van der Waals surface area contributed by atoms with Crippen LogP contribution in [0.15, 0.2) is 42.5 Å². The predicted octanol–water partition coefficient (Wildman–Crippen LogP) is 1.49. The van der Waals surface area contributed by atoms with Crippen molar-refractivity contribution in [3.63, 3.8) is 0 Å².